The van der Waals surface area contributed by atoms with E-state index in [4.69, 9.17) is 5.73 Å². The van der Waals surface area contributed by atoms with Gasteiger partial charge in [0.25, 0.3) is 5.69 Å². The summed E-state index contributed by atoms with van der Waals surface area (Å²) in [6, 6.07) is 19.4. The highest BCUT2D eigenvalue weighted by Crippen LogP contribution is 2.48. The number of aromatic nitrogens is 1. The number of benzene rings is 2. The van der Waals surface area contributed by atoms with Crippen molar-refractivity contribution < 1.29 is 9.72 Å². The molecule has 2 saturated carbocycles. The molecule has 2 bridgehead atoms. The van der Waals surface area contributed by atoms with Crippen LogP contribution in [0.2, 0.25) is 0 Å². The monoisotopic (exact) mass is 525 g/mol. The number of carbonyl (C=O) groups excluding carboxylic acids is 1. The van der Waals surface area contributed by atoms with Crippen molar-refractivity contribution in [3.63, 3.8) is 0 Å². The first kappa shape index (κ1) is 25.3. The molecule has 1 amide bonds. The molecule has 2 aliphatic carbocycles. The number of rotatable bonds is 8. The van der Waals surface area contributed by atoms with Crippen molar-refractivity contribution in [2.75, 3.05) is 16.8 Å². The van der Waals surface area contributed by atoms with Gasteiger partial charge in [-0.25, -0.2) is 4.98 Å². The number of nitrogens with one attached hydrogen (secondary N) is 1. The number of hydrogen-bond donors (Lipinski definition) is 2. The largest absolute Gasteiger partial charge is 0.368 e. The maximum atomic E-state index is 11.6. The number of hydrogen-bond acceptors (Lipinski definition) is 6. The summed E-state index contributed by atoms with van der Waals surface area (Å²) in [5.41, 5.74) is 9.20. The van der Waals surface area contributed by atoms with Crippen molar-refractivity contribution in [2.24, 2.45) is 23.5 Å². The normalized spacial score (nSPS) is 25.9. The van der Waals surface area contributed by atoms with Gasteiger partial charge in [0.1, 0.15) is 5.82 Å². The van der Waals surface area contributed by atoms with Crippen LogP contribution >= 0.6 is 0 Å². The van der Waals surface area contributed by atoms with Crippen LogP contribution in [0.4, 0.5) is 17.2 Å². The fourth-order valence-corrected chi connectivity index (χ4v) is 7.28. The number of pyridine rings is 1. The zero-order chi connectivity index (χ0) is 26.9. The molecule has 0 radical (unpaired) electrons. The number of nitrogens with two attached hydrogens (primary N) is 1. The number of amides is 1. The number of nitrogens with zero attached hydrogens (tertiary/aromatic N) is 3. The molecule has 202 valence electrons. The number of nitro groups is 1. The van der Waals surface area contributed by atoms with Crippen LogP contribution < -0.4 is 16.0 Å². The molecule has 0 unspecified atom stereocenters. The molecular weight excluding hydrogens is 490 g/mol. The molecule has 2 aromatic carbocycles. The smallest absolute Gasteiger partial charge is 0.269 e. The maximum Gasteiger partial charge on any atom is 0.269 e. The summed E-state index contributed by atoms with van der Waals surface area (Å²) in [5, 5.41) is 14.9. The molecular formula is C31H35N5O3. The van der Waals surface area contributed by atoms with E-state index in [1.807, 2.05) is 42.6 Å². The predicted molar refractivity (Wildman–Crippen MR) is 153 cm³/mol. The van der Waals surface area contributed by atoms with E-state index < -0.39 is 5.91 Å². The summed E-state index contributed by atoms with van der Waals surface area (Å²) in [7, 11) is 0. The van der Waals surface area contributed by atoms with Crippen molar-refractivity contribution in [3.05, 3.63) is 82.5 Å². The number of carbonyl (C=O) groups is 1. The van der Waals surface area contributed by atoms with E-state index in [-0.39, 0.29) is 10.6 Å². The summed E-state index contributed by atoms with van der Waals surface area (Å²) in [6.07, 6.45) is 10.4. The van der Waals surface area contributed by atoms with E-state index in [2.05, 4.69) is 21.3 Å². The molecule has 2 heterocycles. The molecule has 0 spiro atoms. The van der Waals surface area contributed by atoms with Gasteiger partial charge in [-0.3, -0.25) is 14.9 Å². The Labute approximate surface area is 228 Å². The molecule has 3 fully saturated rings. The third kappa shape index (κ3) is 5.33. The van der Waals surface area contributed by atoms with Gasteiger partial charge in [-0.15, -0.1) is 0 Å². The molecule has 3 aliphatic rings. The van der Waals surface area contributed by atoms with E-state index in [9.17, 15) is 14.9 Å². The van der Waals surface area contributed by atoms with Crippen LogP contribution in [0.3, 0.4) is 0 Å². The van der Waals surface area contributed by atoms with Crippen LogP contribution in [-0.4, -0.2) is 34.4 Å². The van der Waals surface area contributed by atoms with Gasteiger partial charge in [-0.2, -0.15) is 0 Å². The zero-order valence-corrected chi connectivity index (χ0v) is 22.0. The van der Waals surface area contributed by atoms with Crippen LogP contribution in [0, 0.1) is 27.9 Å². The Morgan fingerprint density at radius 3 is 2.59 bits per heavy atom. The molecule has 1 aromatic heterocycles. The lowest BCUT2D eigenvalue weighted by Crippen LogP contribution is -2.41. The molecule has 8 heteroatoms. The Morgan fingerprint density at radius 1 is 1.03 bits per heavy atom. The van der Waals surface area contributed by atoms with Gasteiger partial charge in [-0.1, -0.05) is 25.0 Å². The SMILES string of the molecule is NC(=O)c1cccc(-c2ccnc(N[C@@H]3CCCC[C@H]3C[C@H]3C[C@@H]4C[C@H]3N(c3ccc([N+](=O)[O-])cc3)C4)c2)c1. The van der Waals surface area contributed by atoms with E-state index in [1.165, 1.54) is 38.5 Å². The van der Waals surface area contributed by atoms with Gasteiger partial charge in [0.15, 0.2) is 0 Å². The van der Waals surface area contributed by atoms with Crippen molar-refractivity contribution in [3.8, 4) is 11.1 Å². The first-order valence-corrected chi connectivity index (χ1v) is 14.1. The van der Waals surface area contributed by atoms with Gasteiger partial charge in [0.05, 0.1) is 4.92 Å². The van der Waals surface area contributed by atoms with Crippen LogP contribution in [-0.2, 0) is 0 Å². The van der Waals surface area contributed by atoms with Gasteiger partial charge < -0.3 is 16.0 Å². The highest BCUT2D eigenvalue weighted by atomic mass is 16.6. The number of piperidine rings is 1. The van der Waals surface area contributed by atoms with E-state index in [1.54, 1.807) is 18.2 Å². The Hall–Kier alpha value is -3.94. The quantitative estimate of drug-likeness (QED) is 0.274. The highest BCUT2D eigenvalue weighted by molar-refractivity contribution is 5.94. The van der Waals surface area contributed by atoms with Crippen molar-refractivity contribution in [1.82, 2.24) is 4.98 Å². The summed E-state index contributed by atoms with van der Waals surface area (Å²) >= 11 is 0. The summed E-state index contributed by atoms with van der Waals surface area (Å²) in [4.78, 5) is 29.5. The van der Waals surface area contributed by atoms with Crippen LogP contribution in [0.15, 0.2) is 66.9 Å². The van der Waals surface area contributed by atoms with E-state index >= 15 is 0 Å². The average Bonchev–Trinajstić information content (AvgIpc) is 3.55. The third-order valence-electron chi connectivity index (χ3n) is 9.09. The first-order valence-electron chi connectivity index (χ1n) is 14.1. The first-order chi connectivity index (χ1) is 18.9. The second-order valence-corrected chi connectivity index (χ2v) is 11.5. The zero-order valence-electron chi connectivity index (χ0n) is 22.0. The minimum atomic E-state index is -0.429. The summed E-state index contributed by atoms with van der Waals surface area (Å²) < 4.78 is 0. The van der Waals surface area contributed by atoms with Gasteiger partial charge in [0.2, 0.25) is 5.91 Å². The lowest BCUT2D eigenvalue weighted by molar-refractivity contribution is -0.384. The molecule has 8 nitrogen and oxygen atoms in total. The molecule has 6 rings (SSSR count). The fraction of sp³-hybridized carbons (Fsp3) is 0.419. The number of fused-ring (bicyclic) bond motifs is 2. The minimum Gasteiger partial charge on any atom is -0.368 e. The second-order valence-electron chi connectivity index (χ2n) is 11.5. The van der Waals surface area contributed by atoms with Crippen molar-refractivity contribution >= 4 is 23.1 Å². The van der Waals surface area contributed by atoms with Crippen molar-refractivity contribution in [1.29, 1.82) is 0 Å². The Kier molecular flexibility index (Phi) is 6.94. The Balaban J connectivity index is 1.15. The fourth-order valence-electron chi connectivity index (χ4n) is 7.28. The average molecular weight is 526 g/mol. The summed E-state index contributed by atoms with van der Waals surface area (Å²) in [5.74, 6) is 2.38. The van der Waals surface area contributed by atoms with Gasteiger partial charge in [-0.05, 0) is 97.4 Å². The van der Waals surface area contributed by atoms with Crippen molar-refractivity contribution in [2.45, 2.75) is 57.0 Å². The van der Waals surface area contributed by atoms with Gasteiger partial charge in [0, 0.05) is 48.2 Å². The van der Waals surface area contributed by atoms with Crippen LogP contribution in [0.5, 0.6) is 0 Å². The number of non-ortho nitro benzene ring substituents is 1. The molecule has 3 aromatic rings. The van der Waals surface area contributed by atoms with E-state index in [0.717, 1.165) is 35.6 Å². The number of nitro benzene ring substituents is 1. The second kappa shape index (κ2) is 10.7. The molecule has 5 atom stereocenters. The van der Waals surface area contributed by atoms with E-state index in [0.29, 0.717) is 35.4 Å². The highest BCUT2D eigenvalue weighted by Gasteiger charge is 2.46. The lowest BCUT2D eigenvalue weighted by atomic mass is 9.77. The van der Waals surface area contributed by atoms with Crippen LogP contribution in [0.1, 0.15) is 55.3 Å². The number of primary amides is 1. The maximum absolute atomic E-state index is 11.6. The topological polar surface area (TPSA) is 114 Å². The molecule has 3 N–H and O–H groups in total. The lowest BCUT2D eigenvalue weighted by Gasteiger charge is -2.40. The molecule has 1 aliphatic heterocycles. The van der Waals surface area contributed by atoms with Gasteiger partial charge >= 0.3 is 0 Å². The predicted octanol–water partition coefficient (Wildman–Crippen LogP) is 6.03. The van der Waals surface area contributed by atoms with Crippen LogP contribution in [0.25, 0.3) is 11.1 Å². The molecule has 1 saturated heterocycles. The summed E-state index contributed by atoms with van der Waals surface area (Å²) in [6.45, 7) is 1.05. The Morgan fingerprint density at radius 2 is 1.82 bits per heavy atom. The minimum absolute atomic E-state index is 0.147. The third-order valence-corrected chi connectivity index (χ3v) is 9.09. The molecule has 39 heavy (non-hydrogen) atoms. The Bertz CT molecular complexity index is 1360. The standard InChI is InChI=1S/C31H35N5O3/c32-31(37)24-6-3-5-21(16-24)22-12-13-33-30(18-22)34-28-7-2-1-4-23(28)17-25-14-20-15-29(25)35(19-20)26-8-10-27(11-9-26)36(38)39/h3,5-6,8-13,16,18,20,23,25,28-29H,1-2,4,7,14-15,17,19H2,(H2,32,37)(H,33,34)/t20-,23+,25-,28-,29-/m1/s1. The number of anilines is 2.